The van der Waals surface area contributed by atoms with Crippen LogP contribution in [-0.2, 0) is 11.2 Å². The Morgan fingerprint density at radius 3 is 3.05 bits per heavy atom. The number of nitrogens with one attached hydrogen (secondary N) is 1. The third-order valence-corrected chi connectivity index (χ3v) is 5.09. The number of likely N-dealkylation sites (N-methyl/N-ethyl adjacent to an activating group) is 1. The average molecular weight is 256 g/mol. The molecule has 1 fully saturated rings. The van der Waals surface area contributed by atoms with Crippen LogP contribution in [0, 0.1) is 0 Å². The molecule has 3 nitrogen and oxygen atoms in total. The summed E-state index contributed by atoms with van der Waals surface area (Å²) in [6.45, 7) is 0. The maximum atomic E-state index is 5.61. The van der Waals surface area contributed by atoms with Crippen molar-refractivity contribution in [1.82, 2.24) is 9.88 Å². The van der Waals surface area contributed by atoms with Crippen molar-refractivity contribution in [2.75, 3.05) is 14.2 Å². The minimum Gasteiger partial charge on any atom is -0.366 e. The van der Waals surface area contributed by atoms with Crippen molar-refractivity contribution >= 4 is 10.9 Å². The van der Waals surface area contributed by atoms with Crippen LogP contribution in [0.3, 0.4) is 0 Å². The molecule has 3 heteroatoms. The van der Waals surface area contributed by atoms with Crippen molar-refractivity contribution in [2.24, 2.45) is 0 Å². The fourth-order valence-corrected chi connectivity index (χ4v) is 4.13. The number of hydrogen-bond donors (Lipinski definition) is 1. The van der Waals surface area contributed by atoms with E-state index in [0.29, 0.717) is 12.0 Å². The summed E-state index contributed by atoms with van der Waals surface area (Å²) in [5.41, 5.74) is 4.30. The quantitative estimate of drug-likeness (QED) is 0.849. The van der Waals surface area contributed by atoms with Crippen LogP contribution in [0.1, 0.15) is 29.9 Å². The van der Waals surface area contributed by atoms with E-state index < -0.39 is 0 Å². The van der Waals surface area contributed by atoms with Gasteiger partial charge < -0.3 is 9.72 Å². The number of methoxy groups -OCH3 is 1. The lowest BCUT2D eigenvalue weighted by Gasteiger charge is -2.46. The summed E-state index contributed by atoms with van der Waals surface area (Å²) in [7, 11) is 4.04. The minimum absolute atomic E-state index is 0.279. The number of aromatic amines is 1. The normalized spacial score (nSPS) is 30.5. The molecule has 19 heavy (non-hydrogen) atoms. The summed E-state index contributed by atoms with van der Waals surface area (Å²) < 4.78 is 5.61. The van der Waals surface area contributed by atoms with Gasteiger partial charge in [-0.15, -0.1) is 0 Å². The Bertz CT molecular complexity index is 618. The van der Waals surface area contributed by atoms with E-state index in [0.717, 1.165) is 12.8 Å². The number of hydrogen-bond acceptors (Lipinski definition) is 2. The number of H-pyrrole nitrogens is 1. The van der Waals surface area contributed by atoms with Crippen molar-refractivity contribution < 1.29 is 4.74 Å². The summed E-state index contributed by atoms with van der Waals surface area (Å²) in [5, 5.41) is 1.48. The molecule has 0 bridgehead atoms. The molecule has 4 rings (SSSR count). The zero-order chi connectivity index (χ0) is 13.0. The Morgan fingerprint density at radius 2 is 2.21 bits per heavy atom. The smallest absolute Gasteiger partial charge is 0.110 e. The molecule has 0 spiro atoms. The summed E-state index contributed by atoms with van der Waals surface area (Å²) in [5.74, 6) is 0.656. The molecule has 1 N–H and O–H groups in total. The molecule has 100 valence electrons. The standard InChI is InChI=1S/C16H20N2O/c1-18-14-8-10-9-17-13-5-3-4-12(16(10)13)11(14)6-7-15(18)19-2/h3-5,9,11,14-15,17H,6-8H2,1-2H3. The number of fused-ring (bicyclic) bond motifs is 2. The zero-order valence-electron chi connectivity index (χ0n) is 11.5. The molecule has 0 radical (unpaired) electrons. The average Bonchev–Trinajstić information content (AvgIpc) is 2.85. The van der Waals surface area contributed by atoms with Gasteiger partial charge in [0.05, 0.1) is 0 Å². The van der Waals surface area contributed by atoms with Crippen molar-refractivity contribution in [3.8, 4) is 0 Å². The molecule has 1 saturated heterocycles. The molecule has 2 heterocycles. The van der Waals surface area contributed by atoms with Crippen molar-refractivity contribution in [1.29, 1.82) is 0 Å². The third kappa shape index (κ3) is 1.52. The summed E-state index contributed by atoms with van der Waals surface area (Å²) in [6.07, 6.45) is 5.97. The second kappa shape index (κ2) is 4.09. The van der Waals surface area contributed by atoms with Crippen molar-refractivity contribution in [2.45, 2.75) is 37.5 Å². The second-order valence-electron chi connectivity index (χ2n) is 5.89. The fraction of sp³-hybridized carbons (Fsp3) is 0.500. The van der Waals surface area contributed by atoms with Crippen LogP contribution in [0.5, 0.6) is 0 Å². The van der Waals surface area contributed by atoms with Gasteiger partial charge in [-0.3, -0.25) is 4.90 Å². The van der Waals surface area contributed by atoms with Gasteiger partial charge in [-0.25, -0.2) is 0 Å². The first-order chi connectivity index (χ1) is 9.29. The lowest BCUT2D eigenvalue weighted by Crippen LogP contribution is -2.50. The van der Waals surface area contributed by atoms with Crippen molar-refractivity contribution in [3.05, 3.63) is 35.5 Å². The highest BCUT2D eigenvalue weighted by atomic mass is 16.5. The Hall–Kier alpha value is -1.32. The lowest BCUT2D eigenvalue weighted by molar-refractivity contribution is -0.0747. The number of likely N-dealkylation sites (tertiary alicyclic amines) is 1. The molecule has 0 amide bonds. The third-order valence-electron chi connectivity index (χ3n) is 5.09. The van der Waals surface area contributed by atoms with Crippen LogP contribution in [0.4, 0.5) is 0 Å². The molecular weight excluding hydrogens is 236 g/mol. The van der Waals surface area contributed by atoms with E-state index in [-0.39, 0.29) is 6.23 Å². The highest BCUT2D eigenvalue weighted by molar-refractivity contribution is 5.88. The first-order valence-corrected chi connectivity index (χ1v) is 7.13. The predicted octanol–water partition coefficient (Wildman–Crippen LogP) is 2.87. The maximum absolute atomic E-state index is 5.61. The number of benzene rings is 1. The number of nitrogens with zero attached hydrogens (tertiary/aromatic N) is 1. The molecule has 2 aliphatic rings. The molecular formula is C16H20N2O. The van der Waals surface area contributed by atoms with E-state index >= 15 is 0 Å². The number of ether oxygens (including phenoxy) is 1. The molecule has 3 atom stereocenters. The van der Waals surface area contributed by atoms with Gasteiger partial charge in [0.25, 0.3) is 0 Å². The number of piperidine rings is 1. The van der Waals surface area contributed by atoms with Crippen LogP contribution in [0.2, 0.25) is 0 Å². The first kappa shape index (κ1) is 11.5. The monoisotopic (exact) mass is 256 g/mol. The largest absolute Gasteiger partial charge is 0.366 e. The number of aromatic nitrogens is 1. The van der Waals surface area contributed by atoms with Crippen LogP contribution in [-0.4, -0.2) is 36.3 Å². The second-order valence-corrected chi connectivity index (χ2v) is 5.89. The van der Waals surface area contributed by atoms with Gasteiger partial charge in [-0.2, -0.15) is 0 Å². The van der Waals surface area contributed by atoms with Gasteiger partial charge in [0.2, 0.25) is 0 Å². The van der Waals surface area contributed by atoms with Gasteiger partial charge >= 0.3 is 0 Å². The van der Waals surface area contributed by atoms with E-state index in [9.17, 15) is 0 Å². The van der Waals surface area contributed by atoms with Gasteiger partial charge in [0.15, 0.2) is 0 Å². The van der Waals surface area contributed by atoms with Crippen LogP contribution in [0.15, 0.2) is 24.4 Å². The van der Waals surface area contributed by atoms with E-state index in [2.05, 4.69) is 41.3 Å². The van der Waals surface area contributed by atoms with E-state index in [1.807, 2.05) is 7.11 Å². The molecule has 1 aliphatic heterocycles. The Morgan fingerprint density at radius 1 is 1.32 bits per heavy atom. The molecule has 1 aromatic heterocycles. The molecule has 3 unspecified atom stereocenters. The summed E-state index contributed by atoms with van der Waals surface area (Å²) >= 11 is 0. The Balaban J connectivity index is 1.83. The highest BCUT2D eigenvalue weighted by Crippen LogP contribution is 2.44. The fourth-order valence-electron chi connectivity index (χ4n) is 4.13. The summed E-state index contributed by atoms with van der Waals surface area (Å²) in [6, 6.07) is 7.26. The predicted molar refractivity (Wildman–Crippen MR) is 76.3 cm³/mol. The van der Waals surface area contributed by atoms with Crippen molar-refractivity contribution in [3.63, 3.8) is 0 Å². The van der Waals surface area contributed by atoms with Crippen LogP contribution in [0.25, 0.3) is 10.9 Å². The summed E-state index contributed by atoms with van der Waals surface area (Å²) in [4.78, 5) is 5.85. The molecule has 1 aromatic carbocycles. The molecule has 1 aliphatic carbocycles. The molecule has 2 aromatic rings. The SMILES string of the molecule is COC1CCC2c3cccc4[nH]cc(c34)CC2N1C. The number of rotatable bonds is 1. The van der Waals surface area contributed by atoms with Gasteiger partial charge in [0, 0.05) is 36.2 Å². The minimum atomic E-state index is 0.279. The zero-order valence-corrected chi connectivity index (χ0v) is 11.5. The van der Waals surface area contributed by atoms with E-state index in [1.165, 1.54) is 28.5 Å². The maximum Gasteiger partial charge on any atom is 0.110 e. The van der Waals surface area contributed by atoms with E-state index in [1.54, 1.807) is 0 Å². The Labute approximate surface area is 113 Å². The Kier molecular flexibility index (Phi) is 2.47. The van der Waals surface area contributed by atoms with Gasteiger partial charge in [0.1, 0.15) is 6.23 Å². The van der Waals surface area contributed by atoms with Gasteiger partial charge in [-0.05, 0) is 43.5 Å². The lowest BCUT2D eigenvalue weighted by atomic mass is 9.75. The molecule has 0 saturated carbocycles. The van der Waals surface area contributed by atoms with E-state index in [4.69, 9.17) is 4.74 Å². The van der Waals surface area contributed by atoms with Crippen LogP contribution < -0.4 is 0 Å². The van der Waals surface area contributed by atoms with Crippen LogP contribution >= 0.6 is 0 Å². The first-order valence-electron chi connectivity index (χ1n) is 7.13. The van der Waals surface area contributed by atoms with Gasteiger partial charge in [-0.1, -0.05) is 12.1 Å². The highest BCUT2D eigenvalue weighted by Gasteiger charge is 2.39. The topological polar surface area (TPSA) is 28.3 Å².